The van der Waals surface area contributed by atoms with Crippen molar-refractivity contribution >= 4 is 21.8 Å². The summed E-state index contributed by atoms with van der Waals surface area (Å²) in [6, 6.07) is 28.1. The van der Waals surface area contributed by atoms with E-state index in [1.807, 2.05) is 66.7 Å². The number of nitrogens with zero attached hydrogens (tertiary/aromatic N) is 2. The fourth-order valence-electron chi connectivity index (χ4n) is 3.52. The molecule has 4 heteroatoms. The highest BCUT2D eigenvalue weighted by atomic mass is 16.5. The van der Waals surface area contributed by atoms with Gasteiger partial charge in [-0.2, -0.15) is 0 Å². The van der Waals surface area contributed by atoms with Gasteiger partial charge in [-0.3, -0.25) is 9.97 Å². The van der Waals surface area contributed by atoms with Crippen LogP contribution in [0.25, 0.3) is 21.8 Å². The minimum absolute atomic E-state index is 0.472. The van der Waals surface area contributed by atoms with Crippen molar-refractivity contribution < 1.29 is 9.47 Å². The topological polar surface area (TPSA) is 44.2 Å². The lowest BCUT2D eigenvalue weighted by atomic mass is 10.1. The molecule has 0 amide bonds. The largest absolute Gasteiger partial charge is 0.487 e. The molecule has 0 bridgehead atoms. The molecule has 0 saturated carbocycles. The van der Waals surface area contributed by atoms with Gasteiger partial charge >= 0.3 is 0 Å². The molecule has 0 aliphatic heterocycles. The molecule has 5 rings (SSSR count). The van der Waals surface area contributed by atoms with Gasteiger partial charge < -0.3 is 9.47 Å². The summed E-state index contributed by atoms with van der Waals surface area (Å²) in [5.74, 6) is 1.58. The van der Waals surface area contributed by atoms with Crippen LogP contribution in [0.4, 0.5) is 0 Å². The fourth-order valence-corrected chi connectivity index (χ4v) is 3.52. The second kappa shape index (κ2) is 8.21. The average molecular weight is 392 g/mol. The maximum absolute atomic E-state index is 6.07. The van der Waals surface area contributed by atoms with E-state index in [1.165, 1.54) is 0 Å². The number of fused-ring (bicyclic) bond motifs is 2. The van der Waals surface area contributed by atoms with Gasteiger partial charge in [0.25, 0.3) is 0 Å². The number of para-hydroxylation sites is 2. The molecule has 3 aromatic carbocycles. The quantitative estimate of drug-likeness (QED) is 0.359. The highest BCUT2D eigenvalue weighted by Crippen LogP contribution is 2.25. The van der Waals surface area contributed by atoms with Crippen molar-refractivity contribution in [2.75, 3.05) is 0 Å². The maximum atomic E-state index is 6.07. The van der Waals surface area contributed by atoms with Gasteiger partial charge in [-0.05, 0) is 41.5 Å². The highest BCUT2D eigenvalue weighted by molar-refractivity contribution is 5.84. The molecule has 0 aliphatic rings. The molecular weight excluding hydrogens is 372 g/mol. The van der Waals surface area contributed by atoms with Crippen LogP contribution in [0.2, 0.25) is 0 Å². The molecule has 0 spiro atoms. The summed E-state index contributed by atoms with van der Waals surface area (Å²) in [6.07, 6.45) is 3.57. The molecule has 4 nitrogen and oxygen atoms in total. The summed E-state index contributed by atoms with van der Waals surface area (Å²) in [5, 5.41) is 2.14. The summed E-state index contributed by atoms with van der Waals surface area (Å²) in [7, 11) is 0. The second-order valence-electron chi connectivity index (χ2n) is 7.06. The zero-order valence-corrected chi connectivity index (χ0v) is 16.4. The molecule has 0 unspecified atom stereocenters. The van der Waals surface area contributed by atoms with Crippen molar-refractivity contribution in [1.29, 1.82) is 0 Å². The van der Waals surface area contributed by atoms with Crippen LogP contribution in [0, 0.1) is 0 Å². The lowest BCUT2D eigenvalue weighted by molar-refractivity contribution is 0.303. The van der Waals surface area contributed by atoms with Crippen LogP contribution in [0.1, 0.15) is 11.1 Å². The Morgan fingerprint density at radius 3 is 1.53 bits per heavy atom. The van der Waals surface area contributed by atoms with E-state index in [9.17, 15) is 0 Å². The number of benzene rings is 3. The smallest absolute Gasteiger partial charge is 0.146 e. The minimum atomic E-state index is 0.472. The summed E-state index contributed by atoms with van der Waals surface area (Å²) in [4.78, 5) is 8.90. The number of pyridine rings is 2. The first-order valence-corrected chi connectivity index (χ1v) is 9.88. The van der Waals surface area contributed by atoms with Crippen LogP contribution in [0.15, 0.2) is 97.3 Å². The van der Waals surface area contributed by atoms with Gasteiger partial charge in [-0.25, -0.2) is 0 Å². The van der Waals surface area contributed by atoms with Crippen LogP contribution in [-0.4, -0.2) is 9.97 Å². The zero-order valence-electron chi connectivity index (χ0n) is 16.4. The van der Waals surface area contributed by atoms with Gasteiger partial charge in [0.1, 0.15) is 35.7 Å². The summed E-state index contributed by atoms with van der Waals surface area (Å²) < 4.78 is 12.1. The normalized spacial score (nSPS) is 10.9. The monoisotopic (exact) mass is 392 g/mol. The molecule has 0 radical (unpaired) electrons. The van der Waals surface area contributed by atoms with Crippen molar-refractivity contribution in [2.45, 2.75) is 13.2 Å². The van der Waals surface area contributed by atoms with Gasteiger partial charge in [0.15, 0.2) is 0 Å². The van der Waals surface area contributed by atoms with Gasteiger partial charge in [-0.15, -0.1) is 0 Å². The molecule has 0 fully saturated rings. The van der Waals surface area contributed by atoms with Crippen molar-refractivity contribution in [3.8, 4) is 11.5 Å². The van der Waals surface area contributed by atoms with Crippen LogP contribution in [0.3, 0.4) is 0 Å². The van der Waals surface area contributed by atoms with Crippen LogP contribution in [-0.2, 0) is 13.2 Å². The molecule has 2 aromatic heterocycles. The van der Waals surface area contributed by atoms with Crippen molar-refractivity contribution in [1.82, 2.24) is 9.97 Å². The molecule has 2 heterocycles. The van der Waals surface area contributed by atoms with Gasteiger partial charge in [0.2, 0.25) is 0 Å². The van der Waals surface area contributed by atoms with E-state index in [0.29, 0.717) is 13.2 Å². The molecule has 30 heavy (non-hydrogen) atoms. The first-order valence-electron chi connectivity index (χ1n) is 9.88. The Morgan fingerprint density at radius 1 is 0.533 bits per heavy atom. The predicted molar refractivity (Wildman–Crippen MR) is 119 cm³/mol. The lowest BCUT2D eigenvalue weighted by Crippen LogP contribution is -2.00. The molecule has 5 aromatic rings. The molecule has 146 valence electrons. The van der Waals surface area contributed by atoms with E-state index in [1.54, 1.807) is 12.4 Å². The van der Waals surface area contributed by atoms with Gasteiger partial charge in [0.05, 0.1) is 0 Å². The molecular formula is C26H20N2O2. The minimum Gasteiger partial charge on any atom is -0.487 e. The summed E-state index contributed by atoms with van der Waals surface area (Å²) in [5.41, 5.74) is 3.92. The van der Waals surface area contributed by atoms with Crippen molar-refractivity contribution in [3.05, 3.63) is 108 Å². The van der Waals surface area contributed by atoms with Crippen molar-refractivity contribution in [3.63, 3.8) is 0 Å². The van der Waals surface area contributed by atoms with E-state index >= 15 is 0 Å². The van der Waals surface area contributed by atoms with E-state index in [4.69, 9.17) is 9.47 Å². The van der Waals surface area contributed by atoms with Gasteiger partial charge in [0, 0.05) is 23.2 Å². The van der Waals surface area contributed by atoms with Crippen molar-refractivity contribution in [2.24, 2.45) is 0 Å². The van der Waals surface area contributed by atoms with E-state index in [-0.39, 0.29) is 0 Å². The van der Waals surface area contributed by atoms with Crippen LogP contribution in [0.5, 0.6) is 11.5 Å². The number of rotatable bonds is 6. The summed E-state index contributed by atoms with van der Waals surface area (Å²) in [6.45, 7) is 0.943. The third-order valence-electron chi connectivity index (χ3n) is 4.97. The van der Waals surface area contributed by atoms with Crippen LogP contribution >= 0.6 is 0 Å². The Kier molecular flexibility index (Phi) is 4.96. The Labute approximate surface area is 174 Å². The number of hydrogen-bond donors (Lipinski definition) is 0. The standard InChI is InChI=1S/C26H20N2O2/c1-6-19(17-29-23-12-2-8-21-10-4-14-27-25(21)23)16-20(7-1)18-30-24-13-3-9-22-11-5-15-28-26(22)24/h1-16H,17-18H2. The fraction of sp³-hybridized carbons (Fsp3) is 0.0769. The Hall–Kier alpha value is -3.92. The number of hydrogen-bond acceptors (Lipinski definition) is 4. The first-order chi connectivity index (χ1) is 14.9. The van der Waals surface area contributed by atoms with Gasteiger partial charge in [-0.1, -0.05) is 54.6 Å². The SMILES string of the molecule is c1cc(COc2cccc3cccnc23)cc(COc2cccc3cccnc23)c1. The molecule has 0 saturated heterocycles. The second-order valence-corrected chi connectivity index (χ2v) is 7.06. The first kappa shape index (κ1) is 18.1. The highest BCUT2D eigenvalue weighted by Gasteiger charge is 2.06. The average Bonchev–Trinajstić information content (AvgIpc) is 2.81. The summed E-state index contributed by atoms with van der Waals surface area (Å²) >= 11 is 0. The molecule has 0 N–H and O–H groups in total. The number of aromatic nitrogens is 2. The molecule has 0 atom stereocenters. The number of ether oxygens (including phenoxy) is 2. The van der Waals surface area contributed by atoms with E-state index in [2.05, 4.69) is 28.2 Å². The Morgan fingerprint density at radius 2 is 1.00 bits per heavy atom. The molecule has 0 aliphatic carbocycles. The zero-order chi connectivity index (χ0) is 20.2. The third-order valence-corrected chi connectivity index (χ3v) is 4.97. The Bertz CT molecular complexity index is 1210. The predicted octanol–water partition coefficient (Wildman–Crippen LogP) is 5.94. The van der Waals surface area contributed by atoms with E-state index in [0.717, 1.165) is 44.4 Å². The van der Waals surface area contributed by atoms with E-state index < -0.39 is 0 Å². The Balaban J connectivity index is 1.29. The van der Waals surface area contributed by atoms with Crippen LogP contribution < -0.4 is 9.47 Å². The lowest BCUT2D eigenvalue weighted by Gasteiger charge is -2.11. The maximum Gasteiger partial charge on any atom is 0.146 e. The third kappa shape index (κ3) is 3.80.